The minimum Gasteiger partial charge on any atom is -0.393 e. The van der Waals surface area contributed by atoms with Crippen molar-refractivity contribution in [2.45, 2.75) is 91.8 Å². The van der Waals surface area contributed by atoms with E-state index in [1.54, 1.807) is 0 Å². The minimum atomic E-state index is -0.257. The first-order valence-electron chi connectivity index (χ1n) is 10.3. The molecule has 0 aliphatic rings. The molecule has 1 rings (SSSR count). The zero-order chi connectivity index (χ0) is 20.1. The van der Waals surface area contributed by atoms with Crippen molar-refractivity contribution in [3.63, 3.8) is 0 Å². The third kappa shape index (κ3) is 8.22. The van der Waals surface area contributed by atoms with E-state index in [2.05, 4.69) is 92.7 Å². The molecule has 0 saturated carbocycles. The normalized spacial score (nSPS) is 16.1. The van der Waals surface area contributed by atoms with Crippen molar-refractivity contribution in [3.8, 4) is 0 Å². The van der Waals surface area contributed by atoms with Gasteiger partial charge in [-0.2, -0.15) is 0 Å². The van der Waals surface area contributed by atoms with Crippen molar-refractivity contribution < 1.29 is 5.11 Å². The molecule has 1 nitrogen and oxygen atoms in total. The third-order valence-electron chi connectivity index (χ3n) is 5.01. The van der Waals surface area contributed by atoms with Crippen LogP contribution in [0.3, 0.4) is 0 Å². The van der Waals surface area contributed by atoms with Crippen LogP contribution in [0.1, 0.15) is 84.9 Å². The number of hydrogen-bond donors (Lipinski definition) is 1. The molecule has 0 spiro atoms. The van der Waals surface area contributed by atoms with Gasteiger partial charge in [0.2, 0.25) is 0 Å². The molecule has 2 heteroatoms. The van der Waals surface area contributed by atoms with Gasteiger partial charge in [-0.1, -0.05) is 92.7 Å². The Morgan fingerprint density at radius 3 is 2.15 bits per heavy atom. The molecule has 26 heavy (non-hydrogen) atoms. The molecule has 0 saturated heterocycles. The Balaban J connectivity index is 3.06. The summed E-state index contributed by atoms with van der Waals surface area (Å²) in [4.78, 5) is 0. The Labute approximate surface area is 165 Å². The van der Waals surface area contributed by atoms with Crippen LogP contribution in [0.15, 0.2) is 24.3 Å². The summed E-state index contributed by atoms with van der Waals surface area (Å²) in [6.07, 6.45) is 5.35. The first-order chi connectivity index (χ1) is 11.8. The van der Waals surface area contributed by atoms with Crippen LogP contribution in [0.2, 0.25) is 11.1 Å². The van der Waals surface area contributed by atoms with Gasteiger partial charge in [0.25, 0.3) is 0 Å². The van der Waals surface area contributed by atoms with Gasteiger partial charge >= 0.3 is 0 Å². The van der Waals surface area contributed by atoms with E-state index >= 15 is 0 Å². The van der Waals surface area contributed by atoms with Gasteiger partial charge in [-0.15, -0.1) is 0 Å². The molecule has 1 N–H and O–H groups in total. The van der Waals surface area contributed by atoms with Gasteiger partial charge in [-0.25, -0.2) is 0 Å². The second kappa shape index (κ2) is 9.37. The highest BCUT2D eigenvalue weighted by molar-refractivity contribution is 6.39. The van der Waals surface area contributed by atoms with Gasteiger partial charge in [0.05, 0.1) is 6.10 Å². The fraction of sp³-hybridized carbons (Fsp3) is 0.667. The Kier molecular flexibility index (Phi) is 8.35. The van der Waals surface area contributed by atoms with E-state index < -0.39 is 0 Å². The maximum atomic E-state index is 10.7. The summed E-state index contributed by atoms with van der Waals surface area (Å²) in [5.41, 5.74) is 4.34. The second-order valence-corrected chi connectivity index (χ2v) is 13.8. The topological polar surface area (TPSA) is 20.2 Å². The number of benzene rings is 1. The van der Waals surface area contributed by atoms with Crippen molar-refractivity contribution in [1.82, 2.24) is 0 Å². The van der Waals surface area contributed by atoms with Gasteiger partial charge < -0.3 is 5.11 Å². The van der Waals surface area contributed by atoms with Gasteiger partial charge in [0, 0.05) is 9.52 Å². The molecule has 1 aromatic carbocycles. The summed E-state index contributed by atoms with van der Waals surface area (Å²) < 4.78 is 0. The Morgan fingerprint density at radius 1 is 1.04 bits per heavy atom. The van der Waals surface area contributed by atoms with Crippen molar-refractivity contribution >= 4 is 15.6 Å². The first-order valence-corrected chi connectivity index (χ1v) is 12.0. The predicted molar refractivity (Wildman–Crippen MR) is 121 cm³/mol. The summed E-state index contributed by atoms with van der Waals surface area (Å²) in [6.45, 7) is 20.4. The fourth-order valence-electron chi connectivity index (χ4n) is 3.22. The summed E-state index contributed by atoms with van der Waals surface area (Å²) in [7, 11) is -0.257. The largest absolute Gasteiger partial charge is 0.393 e. The zero-order valence-electron chi connectivity index (χ0n) is 18.7. The quantitative estimate of drug-likeness (QED) is 0.562. The lowest BCUT2D eigenvalue weighted by atomic mass is 9.85. The summed E-state index contributed by atoms with van der Waals surface area (Å²) in [5.74, 6) is 0.799. The highest BCUT2D eigenvalue weighted by Gasteiger charge is 2.21. The van der Waals surface area contributed by atoms with Crippen LogP contribution in [-0.4, -0.2) is 20.7 Å². The van der Waals surface area contributed by atoms with E-state index in [9.17, 15) is 5.11 Å². The SMILES string of the molecule is CC(C)c1cccc(/C=C/C(C)(C)C)c1C[C@@H](C)C(O)C[SiH2]C(C)(C)C. The van der Waals surface area contributed by atoms with E-state index in [-0.39, 0.29) is 21.0 Å². The van der Waals surface area contributed by atoms with Gasteiger partial charge in [-0.05, 0) is 51.4 Å². The Morgan fingerprint density at radius 2 is 1.65 bits per heavy atom. The van der Waals surface area contributed by atoms with Gasteiger partial charge in [-0.3, -0.25) is 0 Å². The first kappa shape index (κ1) is 23.2. The van der Waals surface area contributed by atoms with E-state index in [1.807, 2.05) is 0 Å². The van der Waals surface area contributed by atoms with Crippen molar-refractivity contribution in [1.29, 1.82) is 0 Å². The predicted octanol–water partition coefficient (Wildman–Crippen LogP) is 6.21. The molecule has 0 heterocycles. The van der Waals surface area contributed by atoms with Gasteiger partial charge in [0.15, 0.2) is 0 Å². The fourth-order valence-corrected chi connectivity index (χ4v) is 4.95. The van der Waals surface area contributed by atoms with Crippen LogP contribution in [-0.2, 0) is 6.42 Å². The molecular formula is C24H42OSi. The molecular weight excluding hydrogens is 332 g/mol. The molecule has 148 valence electrons. The lowest BCUT2D eigenvalue weighted by molar-refractivity contribution is 0.134. The lowest BCUT2D eigenvalue weighted by Crippen LogP contribution is -2.24. The molecule has 2 atom stereocenters. The third-order valence-corrected chi connectivity index (χ3v) is 7.39. The van der Waals surface area contributed by atoms with Crippen molar-refractivity contribution in [2.75, 3.05) is 0 Å². The van der Waals surface area contributed by atoms with E-state index in [4.69, 9.17) is 0 Å². The monoisotopic (exact) mass is 374 g/mol. The van der Waals surface area contributed by atoms with Crippen LogP contribution in [0.25, 0.3) is 6.08 Å². The standard InChI is InChI=1S/C24H42OSi/c1-17(2)20-12-10-11-19(13-14-23(4,5)6)21(20)15-18(3)22(25)16-26-24(7,8)9/h10-14,17-18,22,25H,15-16,26H2,1-9H3/b14-13+/t18-,22?/m1/s1. The molecule has 0 radical (unpaired) electrons. The molecule has 0 fully saturated rings. The smallest absolute Gasteiger partial charge is 0.0540 e. The molecule has 0 amide bonds. The maximum absolute atomic E-state index is 10.7. The van der Waals surface area contributed by atoms with Crippen LogP contribution in [0, 0.1) is 11.3 Å². The number of rotatable bonds is 7. The second-order valence-electron chi connectivity index (χ2n) is 10.6. The van der Waals surface area contributed by atoms with Crippen LogP contribution >= 0.6 is 0 Å². The number of hydrogen-bond acceptors (Lipinski definition) is 1. The molecule has 0 aliphatic heterocycles. The molecule has 1 aromatic rings. The van der Waals surface area contributed by atoms with Crippen LogP contribution in [0.5, 0.6) is 0 Å². The molecule has 0 bridgehead atoms. The Hall–Kier alpha value is -0.863. The lowest BCUT2D eigenvalue weighted by Gasteiger charge is -2.25. The van der Waals surface area contributed by atoms with Crippen molar-refractivity contribution in [3.05, 3.63) is 41.0 Å². The average Bonchev–Trinajstić information content (AvgIpc) is 2.49. The highest BCUT2D eigenvalue weighted by atomic mass is 28.2. The van der Waals surface area contributed by atoms with Crippen molar-refractivity contribution in [2.24, 2.45) is 11.3 Å². The number of allylic oxidation sites excluding steroid dienone is 1. The Bertz CT molecular complexity index is 587. The van der Waals surface area contributed by atoms with E-state index in [1.165, 1.54) is 16.7 Å². The summed E-state index contributed by atoms with van der Waals surface area (Å²) >= 11 is 0. The minimum absolute atomic E-state index is 0.175. The van der Waals surface area contributed by atoms with Crippen LogP contribution < -0.4 is 0 Å². The summed E-state index contributed by atoms with van der Waals surface area (Å²) in [5, 5.41) is 11.2. The molecule has 0 aliphatic carbocycles. The maximum Gasteiger partial charge on any atom is 0.0540 e. The average molecular weight is 375 g/mol. The highest BCUT2D eigenvalue weighted by Crippen LogP contribution is 2.30. The van der Waals surface area contributed by atoms with Crippen LogP contribution in [0.4, 0.5) is 0 Å². The van der Waals surface area contributed by atoms with E-state index in [0.717, 1.165) is 12.5 Å². The number of aliphatic hydroxyl groups is 1. The van der Waals surface area contributed by atoms with Gasteiger partial charge in [0.1, 0.15) is 0 Å². The molecule has 0 aromatic heterocycles. The summed E-state index contributed by atoms with van der Waals surface area (Å²) in [6, 6.07) is 7.68. The molecule has 1 unspecified atom stereocenters. The van der Waals surface area contributed by atoms with E-state index in [0.29, 0.717) is 16.9 Å². The zero-order valence-corrected chi connectivity index (χ0v) is 20.1. The number of aliphatic hydroxyl groups excluding tert-OH is 1.